The molecular formula is C10H14N4S. The number of aromatic nitrogens is 3. The van der Waals surface area contributed by atoms with E-state index in [0.29, 0.717) is 0 Å². The maximum Gasteiger partial charge on any atom is 0.0794 e. The van der Waals surface area contributed by atoms with Gasteiger partial charge in [0.25, 0.3) is 0 Å². The summed E-state index contributed by atoms with van der Waals surface area (Å²) in [6.45, 7) is 1.85. The van der Waals surface area contributed by atoms with Gasteiger partial charge in [-0.05, 0) is 6.07 Å². The maximum atomic E-state index is 4.31. The number of hydrogen-bond acceptors (Lipinski definition) is 4. The van der Waals surface area contributed by atoms with Crippen molar-refractivity contribution < 1.29 is 0 Å². The fraction of sp³-hybridized carbons (Fsp3) is 0.400. The Hall–Kier alpha value is -1.20. The number of aryl methyl sites for hydroxylation is 1. The Morgan fingerprint density at radius 2 is 2.47 bits per heavy atom. The van der Waals surface area contributed by atoms with E-state index in [-0.39, 0.29) is 0 Å². The highest BCUT2D eigenvalue weighted by Crippen LogP contribution is 2.04. The molecule has 0 radical (unpaired) electrons. The second-order valence-electron chi connectivity index (χ2n) is 3.38. The van der Waals surface area contributed by atoms with Crippen molar-refractivity contribution >= 4 is 11.3 Å². The molecule has 1 N–H and O–H groups in total. The van der Waals surface area contributed by atoms with Crippen LogP contribution in [0.15, 0.2) is 24.0 Å². The van der Waals surface area contributed by atoms with E-state index < -0.39 is 0 Å². The lowest BCUT2D eigenvalue weighted by molar-refractivity contribution is 0.669. The molecule has 5 heteroatoms. The quantitative estimate of drug-likeness (QED) is 0.773. The average Bonchev–Trinajstić information content (AvgIpc) is 2.84. The van der Waals surface area contributed by atoms with E-state index in [1.54, 1.807) is 11.3 Å². The number of hydrogen-bond donors (Lipinski definition) is 1. The Morgan fingerprint density at radius 1 is 1.53 bits per heavy atom. The third-order valence-corrected chi connectivity index (χ3v) is 2.89. The summed E-state index contributed by atoms with van der Waals surface area (Å²) in [6, 6.07) is 2.05. The molecule has 2 aromatic heterocycles. The van der Waals surface area contributed by atoms with Gasteiger partial charge in [0.2, 0.25) is 0 Å². The van der Waals surface area contributed by atoms with Gasteiger partial charge >= 0.3 is 0 Å². The summed E-state index contributed by atoms with van der Waals surface area (Å²) in [5, 5.41) is 7.68. The molecule has 0 atom stereocenters. The zero-order chi connectivity index (χ0) is 10.5. The van der Waals surface area contributed by atoms with Crippen molar-refractivity contribution in [2.45, 2.75) is 13.0 Å². The predicted octanol–water partition coefficient (Wildman–Crippen LogP) is 1.21. The van der Waals surface area contributed by atoms with Crippen molar-refractivity contribution in [2.24, 2.45) is 7.05 Å². The summed E-state index contributed by atoms with van der Waals surface area (Å²) in [5.74, 6) is 0. The molecule has 0 saturated carbocycles. The van der Waals surface area contributed by atoms with E-state index in [9.17, 15) is 0 Å². The van der Waals surface area contributed by atoms with Crippen LogP contribution in [0, 0.1) is 0 Å². The molecule has 0 aliphatic carbocycles. The van der Waals surface area contributed by atoms with Crippen molar-refractivity contribution in [1.29, 1.82) is 0 Å². The van der Waals surface area contributed by atoms with Crippen LogP contribution in [0.2, 0.25) is 0 Å². The first-order valence-electron chi connectivity index (χ1n) is 4.91. The highest BCUT2D eigenvalue weighted by molar-refractivity contribution is 7.09. The van der Waals surface area contributed by atoms with Crippen LogP contribution in [0.5, 0.6) is 0 Å². The molecule has 0 aromatic carbocycles. The third kappa shape index (κ3) is 3.14. The molecule has 2 rings (SSSR count). The molecule has 80 valence electrons. The van der Waals surface area contributed by atoms with E-state index in [1.165, 1.54) is 4.88 Å². The first-order chi connectivity index (χ1) is 7.34. The SMILES string of the molecule is Cn1ccc(CCNCc2cncs2)n1. The van der Waals surface area contributed by atoms with Crippen LogP contribution >= 0.6 is 11.3 Å². The lowest BCUT2D eigenvalue weighted by Crippen LogP contribution is -2.16. The smallest absolute Gasteiger partial charge is 0.0794 e. The third-order valence-electron chi connectivity index (χ3n) is 2.11. The minimum Gasteiger partial charge on any atom is -0.311 e. The zero-order valence-electron chi connectivity index (χ0n) is 8.68. The topological polar surface area (TPSA) is 42.7 Å². The fourth-order valence-electron chi connectivity index (χ4n) is 1.35. The number of rotatable bonds is 5. The molecule has 0 fully saturated rings. The highest BCUT2D eigenvalue weighted by Gasteiger charge is 1.97. The number of nitrogens with one attached hydrogen (secondary N) is 1. The molecule has 2 aromatic rings. The van der Waals surface area contributed by atoms with Crippen LogP contribution < -0.4 is 5.32 Å². The second kappa shape index (κ2) is 5.04. The van der Waals surface area contributed by atoms with Gasteiger partial charge in [-0.1, -0.05) is 0 Å². The lowest BCUT2D eigenvalue weighted by atomic mass is 10.3. The molecular weight excluding hydrogens is 208 g/mol. The largest absolute Gasteiger partial charge is 0.311 e. The fourth-order valence-corrected chi connectivity index (χ4v) is 1.92. The van der Waals surface area contributed by atoms with Crippen molar-refractivity contribution in [3.63, 3.8) is 0 Å². The van der Waals surface area contributed by atoms with Crippen LogP contribution in [-0.2, 0) is 20.0 Å². The Bertz CT molecular complexity index is 393. The summed E-state index contributed by atoms with van der Waals surface area (Å²) >= 11 is 1.68. The first kappa shape index (κ1) is 10.3. The van der Waals surface area contributed by atoms with Crippen molar-refractivity contribution in [2.75, 3.05) is 6.54 Å². The molecule has 0 spiro atoms. The molecule has 0 aliphatic heterocycles. The molecule has 0 unspecified atom stereocenters. The van der Waals surface area contributed by atoms with Crippen molar-refractivity contribution in [3.8, 4) is 0 Å². The highest BCUT2D eigenvalue weighted by atomic mass is 32.1. The average molecular weight is 222 g/mol. The van der Waals surface area contributed by atoms with E-state index in [2.05, 4.69) is 15.4 Å². The normalized spacial score (nSPS) is 10.7. The van der Waals surface area contributed by atoms with E-state index in [4.69, 9.17) is 0 Å². The van der Waals surface area contributed by atoms with E-state index in [0.717, 1.165) is 25.2 Å². The van der Waals surface area contributed by atoms with Gasteiger partial charge < -0.3 is 5.32 Å². The molecule has 15 heavy (non-hydrogen) atoms. The van der Waals surface area contributed by atoms with Crippen LogP contribution in [0.3, 0.4) is 0 Å². The molecule has 0 saturated heterocycles. The molecule has 2 heterocycles. The Kier molecular flexibility index (Phi) is 3.47. The number of nitrogens with zero attached hydrogens (tertiary/aromatic N) is 3. The van der Waals surface area contributed by atoms with Gasteiger partial charge in [0.15, 0.2) is 0 Å². The zero-order valence-corrected chi connectivity index (χ0v) is 9.50. The lowest BCUT2D eigenvalue weighted by Gasteiger charge is -2.00. The van der Waals surface area contributed by atoms with Crippen LogP contribution in [-0.4, -0.2) is 21.3 Å². The molecule has 4 nitrogen and oxygen atoms in total. The molecule has 0 aliphatic rings. The summed E-state index contributed by atoms with van der Waals surface area (Å²) in [5.41, 5.74) is 2.99. The summed E-state index contributed by atoms with van der Waals surface area (Å²) in [4.78, 5) is 5.30. The summed E-state index contributed by atoms with van der Waals surface area (Å²) in [6.07, 6.45) is 4.84. The van der Waals surface area contributed by atoms with Gasteiger partial charge in [-0.25, -0.2) is 0 Å². The minimum atomic E-state index is 0.900. The first-order valence-corrected chi connectivity index (χ1v) is 5.79. The van der Waals surface area contributed by atoms with Crippen molar-refractivity contribution in [3.05, 3.63) is 34.5 Å². The minimum absolute atomic E-state index is 0.900. The van der Waals surface area contributed by atoms with Crippen LogP contribution in [0.4, 0.5) is 0 Å². The Balaban J connectivity index is 1.67. The maximum absolute atomic E-state index is 4.31. The Labute approximate surface area is 93.0 Å². The summed E-state index contributed by atoms with van der Waals surface area (Å²) in [7, 11) is 1.94. The van der Waals surface area contributed by atoms with Gasteiger partial charge in [-0.2, -0.15) is 5.10 Å². The molecule has 0 bridgehead atoms. The number of thiazole rings is 1. The van der Waals surface area contributed by atoms with Crippen molar-refractivity contribution in [1.82, 2.24) is 20.1 Å². The summed E-state index contributed by atoms with van der Waals surface area (Å²) < 4.78 is 1.83. The standard InChI is InChI=1S/C10H14N4S/c1-14-5-3-9(13-14)2-4-11-6-10-7-12-8-15-10/h3,5,7-8,11H,2,4,6H2,1H3. The van der Waals surface area contributed by atoms with Gasteiger partial charge in [-0.3, -0.25) is 9.67 Å². The van der Waals surface area contributed by atoms with Gasteiger partial charge in [0.1, 0.15) is 0 Å². The van der Waals surface area contributed by atoms with Crippen LogP contribution in [0.25, 0.3) is 0 Å². The van der Waals surface area contributed by atoms with Gasteiger partial charge in [0, 0.05) is 43.8 Å². The Morgan fingerprint density at radius 3 is 3.13 bits per heavy atom. The van der Waals surface area contributed by atoms with Crippen LogP contribution in [0.1, 0.15) is 10.6 Å². The predicted molar refractivity (Wildman–Crippen MR) is 60.7 cm³/mol. The van der Waals surface area contributed by atoms with E-state index in [1.807, 2.05) is 35.7 Å². The van der Waals surface area contributed by atoms with E-state index >= 15 is 0 Å². The second-order valence-corrected chi connectivity index (χ2v) is 4.35. The van der Waals surface area contributed by atoms with Gasteiger partial charge in [0.05, 0.1) is 11.2 Å². The van der Waals surface area contributed by atoms with Gasteiger partial charge in [-0.15, -0.1) is 11.3 Å². The molecule has 0 amide bonds. The monoisotopic (exact) mass is 222 g/mol.